The molecule has 0 aromatic carbocycles. The van der Waals surface area contributed by atoms with Gasteiger partial charge in [0.1, 0.15) is 110 Å². The van der Waals surface area contributed by atoms with Gasteiger partial charge in [-0.15, -0.1) is 0 Å². The largest absolute Gasteiger partial charge is 0.479 e. The molecule has 7 saturated heterocycles. The first-order valence-corrected chi connectivity index (χ1v) is 20.8. The lowest BCUT2D eigenvalue weighted by Crippen LogP contribution is -2.77. The highest BCUT2D eigenvalue weighted by Gasteiger charge is 2.68. The maximum atomic E-state index is 13.1. The average molecular weight is 967 g/mol. The summed E-state index contributed by atoms with van der Waals surface area (Å²) in [6.45, 7) is -2.88. The van der Waals surface area contributed by atoms with Crippen LogP contribution < -0.4 is 0 Å². The van der Waals surface area contributed by atoms with Crippen molar-refractivity contribution in [3.05, 3.63) is 0 Å². The zero-order valence-electron chi connectivity index (χ0n) is 37.0. The van der Waals surface area contributed by atoms with E-state index >= 15 is 0 Å². The van der Waals surface area contributed by atoms with Crippen molar-refractivity contribution in [3.8, 4) is 0 Å². The molecule has 28 nitrogen and oxygen atoms in total. The maximum Gasteiger partial charge on any atom is 0.341 e. The zero-order valence-corrected chi connectivity index (χ0v) is 37.0. The third-order valence-electron chi connectivity index (χ3n) is 12.7. The molecule has 382 valence electrons. The molecule has 0 amide bonds. The number of rotatable bonds is 20. The molecule has 7 heterocycles. The zero-order chi connectivity index (χ0) is 48.4. The van der Waals surface area contributed by atoms with E-state index in [1.807, 2.05) is 0 Å². The van der Waals surface area contributed by atoms with Gasteiger partial charge >= 0.3 is 11.9 Å². The number of aliphatic hydroxyl groups is 7. The number of hydrogen-bond acceptors (Lipinski definition) is 26. The van der Waals surface area contributed by atoms with Gasteiger partial charge in [-0.25, -0.2) is 9.59 Å². The molecule has 7 aliphatic rings. The van der Waals surface area contributed by atoms with Crippen molar-refractivity contribution in [2.45, 2.75) is 153 Å². The Bertz CT molecular complexity index is 1560. The third-order valence-corrected chi connectivity index (χ3v) is 12.7. The molecule has 0 spiro atoms. The van der Waals surface area contributed by atoms with Crippen LogP contribution in [0.1, 0.15) is 0 Å². The Labute approximate surface area is 377 Å². The second-order valence-electron chi connectivity index (χ2n) is 16.2. The van der Waals surface area contributed by atoms with Gasteiger partial charge in [0.2, 0.25) is 5.60 Å². The number of ether oxygens (including phenoxy) is 17. The molecular formula is C38H62O28. The number of hydrogen-bond donors (Lipinski definition) is 9. The number of carbonyl (C=O) groups is 2. The van der Waals surface area contributed by atoms with Crippen molar-refractivity contribution in [2.24, 2.45) is 0 Å². The second-order valence-corrected chi connectivity index (χ2v) is 16.2. The van der Waals surface area contributed by atoms with Gasteiger partial charge in [-0.3, -0.25) is 0 Å². The Hall–Kier alpha value is -2.02. The van der Waals surface area contributed by atoms with E-state index in [1.165, 1.54) is 49.8 Å². The van der Waals surface area contributed by atoms with Crippen molar-refractivity contribution in [1.82, 2.24) is 0 Å². The molecule has 2 bridgehead atoms. The first-order chi connectivity index (χ1) is 31.6. The van der Waals surface area contributed by atoms with Crippen molar-refractivity contribution >= 4 is 11.9 Å². The summed E-state index contributed by atoms with van der Waals surface area (Å²) in [6, 6.07) is 0. The molecule has 66 heavy (non-hydrogen) atoms. The molecule has 0 radical (unpaired) electrons. The van der Waals surface area contributed by atoms with Crippen LogP contribution in [0.5, 0.6) is 0 Å². The minimum atomic E-state index is -2.50. The normalized spacial score (nSPS) is 48.6. The predicted octanol–water partition coefficient (Wildman–Crippen LogP) is -6.75. The fourth-order valence-electron chi connectivity index (χ4n) is 9.31. The number of carboxylic acids is 2. The smallest absolute Gasteiger partial charge is 0.341 e. The minimum Gasteiger partial charge on any atom is -0.479 e. The van der Waals surface area contributed by atoms with Crippen LogP contribution in [0, 0.1) is 0 Å². The molecule has 0 aromatic heterocycles. The van der Waals surface area contributed by atoms with E-state index in [2.05, 4.69) is 0 Å². The topological polar surface area (TPSA) is 373 Å². The molecule has 25 atom stereocenters. The molecule has 0 saturated carbocycles. The van der Waals surface area contributed by atoms with Crippen LogP contribution >= 0.6 is 0 Å². The highest BCUT2D eigenvalue weighted by molar-refractivity contribution is 5.79. The van der Waals surface area contributed by atoms with Crippen LogP contribution in [0.3, 0.4) is 0 Å². The quantitative estimate of drug-likeness (QED) is 0.0547. The predicted molar refractivity (Wildman–Crippen MR) is 204 cm³/mol. The maximum absolute atomic E-state index is 13.1. The number of aliphatic carboxylic acids is 2. The molecule has 7 fully saturated rings. The van der Waals surface area contributed by atoms with Crippen molar-refractivity contribution in [3.63, 3.8) is 0 Å². The fraction of sp³-hybridized carbons (Fsp3) is 0.947. The van der Waals surface area contributed by atoms with Crippen molar-refractivity contribution < 1.29 is 136 Å². The van der Waals surface area contributed by atoms with Gasteiger partial charge in [-0.05, 0) is 0 Å². The molecule has 7 rings (SSSR count). The summed E-state index contributed by atoms with van der Waals surface area (Å²) in [4.78, 5) is 25.9. The first-order valence-electron chi connectivity index (χ1n) is 20.8. The summed E-state index contributed by atoms with van der Waals surface area (Å²) in [6.07, 6.45) is -36.0. The van der Waals surface area contributed by atoms with Gasteiger partial charge in [-0.2, -0.15) is 0 Å². The standard InChI is InChI=1S/C38H62O28/c1-50-21-14(10-41)60-34(27(54-5)22(21)51-2)63-24-23(52-3)28(55-6)35(64-26(24)31(46)47)61-19-13(9-40)59-33(18(45)16(19)43)65-30-25(53-4)29-36(66-38(30,11-57-29)37(48)49)62-20-12(8-39)58-32(56-7)17(44)15(20)42/h12-30,32-36,39-45H,8-11H2,1-7H3,(H,46,47)(H,48,49)/t12-,13-,14-,15-,16-,17-,18-,19-,20-,21-,22+,23+,24+,25-,26+,27-,28-,29+,30+,32+,33-,34-,35-,36-,38-/m1/s1. The van der Waals surface area contributed by atoms with Crippen molar-refractivity contribution in [2.75, 3.05) is 76.2 Å². The van der Waals surface area contributed by atoms with E-state index in [-0.39, 0.29) is 0 Å². The van der Waals surface area contributed by atoms with Crippen LogP contribution in [0.15, 0.2) is 0 Å². The molecule has 0 aliphatic carbocycles. The summed E-state index contributed by atoms with van der Waals surface area (Å²) in [5, 5.41) is 96.1. The Kier molecular flexibility index (Phi) is 18.4. The van der Waals surface area contributed by atoms with E-state index in [1.54, 1.807) is 0 Å². The highest BCUT2D eigenvalue weighted by Crippen LogP contribution is 2.44. The number of aliphatic hydroxyl groups excluding tert-OH is 7. The molecule has 7 aliphatic heterocycles. The first kappa shape index (κ1) is 53.3. The molecule has 28 heteroatoms. The van der Waals surface area contributed by atoms with E-state index in [4.69, 9.17) is 80.5 Å². The average Bonchev–Trinajstić information content (AvgIpc) is 3.32. The summed E-state index contributed by atoms with van der Waals surface area (Å²) in [7, 11) is 8.89. The lowest BCUT2D eigenvalue weighted by molar-refractivity contribution is -0.429. The fourth-order valence-corrected chi connectivity index (χ4v) is 9.31. The summed E-state index contributed by atoms with van der Waals surface area (Å²) < 4.78 is 97.8. The minimum absolute atomic E-state index is 0.540. The van der Waals surface area contributed by atoms with E-state index in [9.17, 15) is 55.5 Å². The van der Waals surface area contributed by atoms with Gasteiger partial charge in [0.15, 0.2) is 37.6 Å². The Morgan fingerprint density at radius 2 is 0.924 bits per heavy atom. The third kappa shape index (κ3) is 9.85. The van der Waals surface area contributed by atoms with Crippen LogP contribution in [-0.4, -0.2) is 287 Å². The van der Waals surface area contributed by atoms with Crippen molar-refractivity contribution in [1.29, 1.82) is 0 Å². The monoisotopic (exact) mass is 966 g/mol. The van der Waals surface area contributed by atoms with Gasteiger partial charge in [0, 0.05) is 49.8 Å². The van der Waals surface area contributed by atoms with Gasteiger partial charge in [0.05, 0.1) is 26.4 Å². The van der Waals surface area contributed by atoms with Crippen LogP contribution in [0.25, 0.3) is 0 Å². The van der Waals surface area contributed by atoms with Crippen LogP contribution in [0.4, 0.5) is 0 Å². The van der Waals surface area contributed by atoms with Gasteiger partial charge < -0.3 is 126 Å². The molecule has 9 N–H and O–H groups in total. The van der Waals surface area contributed by atoms with Crippen LogP contribution in [-0.2, 0) is 90.1 Å². The number of fused-ring (bicyclic) bond motifs is 3. The van der Waals surface area contributed by atoms with Gasteiger partial charge in [0.25, 0.3) is 0 Å². The SMILES string of the molecule is CO[C@H]1O[C@H](CO)[C@@H](O[C@@H]2O[C@]3(C(=O)O)CO[C@H]2[C@@H](OC)[C@@H]3O[C@H]2O[C@H](CO)[C@@H](O[C@@H]3O[C@H](C(=O)O)[C@@H](O[C@H]4O[C@H](CO)[C@@H](OC)[C@H](OC)[C@H]4OC)[C@H](OC)[C@H]3OC)[C@H](O)[C@H]2O)[C@H](O)[C@H]1O. The summed E-state index contributed by atoms with van der Waals surface area (Å²) in [5.74, 6) is -3.25. The summed E-state index contributed by atoms with van der Waals surface area (Å²) >= 11 is 0. The van der Waals surface area contributed by atoms with E-state index < -0.39 is 191 Å². The summed E-state index contributed by atoms with van der Waals surface area (Å²) in [5.41, 5.74) is -2.50. The Morgan fingerprint density at radius 1 is 0.485 bits per heavy atom. The van der Waals surface area contributed by atoms with Gasteiger partial charge in [-0.1, -0.05) is 0 Å². The lowest BCUT2D eigenvalue weighted by atomic mass is 9.83. The molecule has 0 unspecified atom stereocenters. The van der Waals surface area contributed by atoms with E-state index in [0.717, 1.165) is 0 Å². The Balaban J connectivity index is 1.19. The second kappa shape index (κ2) is 22.8. The van der Waals surface area contributed by atoms with Crippen LogP contribution in [0.2, 0.25) is 0 Å². The Morgan fingerprint density at radius 3 is 1.41 bits per heavy atom. The number of carboxylic acid groups (broad SMARTS) is 2. The number of methoxy groups -OCH3 is 7. The molecular weight excluding hydrogens is 904 g/mol. The highest BCUT2D eigenvalue weighted by atomic mass is 16.8. The molecule has 0 aromatic rings. The lowest BCUT2D eigenvalue weighted by Gasteiger charge is -2.56. The van der Waals surface area contributed by atoms with E-state index in [0.29, 0.717) is 0 Å².